The maximum atomic E-state index is 6.42. The Balaban J connectivity index is 2.29. The van der Waals surface area contributed by atoms with Gasteiger partial charge in [0.25, 0.3) is 0 Å². The predicted octanol–water partition coefficient (Wildman–Crippen LogP) is 1.44. The predicted molar refractivity (Wildman–Crippen MR) is 83.2 cm³/mol. The van der Waals surface area contributed by atoms with E-state index in [1.54, 1.807) is 6.21 Å². The summed E-state index contributed by atoms with van der Waals surface area (Å²) in [4.78, 5) is 6.36. The molecule has 0 bridgehead atoms. The van der Waals surface area contributed by atoms with Crippen molar-refractivity contribution in [1.29, 1.82) is 0 Å². The fraction of sp³-hybridized carbons (Fsp3) is 0.800. The Morgan fingerprint density at radius 2 is 2.15 bits per heavy atom. The molecule has 5 nitrogen and oxygen atoms in total. The van der Waals surface area contributed by atoms with Crippen LogP contribution in [0, 0.1) is 0 Å². The fourth-order valence-corrected chi connectivity index (χ4v) is 2.03. The monoisotopic (exact) mass is 283 g/mol. The molecule has 2 N–H and O–H groups in total. The summed E-state index contributed by atoms with van der Waals surface area (Å²) in [6.07, 6.45) is 6.79. The first-order valence-electron chi connectivity index (χ1n) is 7.43. The van der Waals surface area contributed by atoms with Crippen LogP contribution in [0.2, 0.25) is 0 Å². The molecule has 0 aliphatic carbocycles. The van der Waals surface area contributed by atoms with Crippen LogP contribution < -0.4 is 5.73 Å². The minimum absolute atomic E-state index is 0.436. The number of likely N-dealkylation sites (N-methyl/N-ethyl adjacent to an activating group) is 1. The third-order valence-corrected chi connectivity index (χ3v) is 3.34. The summed E-state index contributed by atoms with van der Waals surface area (Å²) in [5.41, 5.74) is 5.98. The van der Waals surface area contributed by atoms with E-state index >= 15 is 0 Å². The minimum Gasteiger partial charge on any atom is -0.493 e. The molecule has 1 rings (SSSR count). The topological polar surface area (TPSA) is 60.1 Å². The molecular formula is C15H29N3O2. The number of rotatable bonds is 10. The largest absolute Gasteiger partial charge is 0.493 e. The first kappa shape index (κ1) is 17.1. The first-order chi connectivity index (χ1) is 9.58. The van der Waals surface area contributed by atoms with Gasteiger partial charge in [-0.2, -0.15) is 0 Å². The van der Waals surface area contributed by atoms with Gasteiger partial charge in [-0.25, -0.2) is 0 Å². The third-order valence-electron chi connectivity index (χ3n) is 3.34. The van der Waals surface area contributed by atoms with Crippen LogP contribution in [-0.4, -0.2) is 63.7 Å². The number of aliphatic imine (C=N–C) groups is 1. The van der Waals surface area contributed by atoms with Gasteiger partial charge in [-0.3, -0.25) is 4.99 Å². The molecule has 116 valence electrons. The van der Waals surface area contributed by atoms with Gasteiger partial charge in [0.2, 0.25) is 0 Å². The summed E-state index contributed by atoms with van der Waals surface area (Å²) in [6.45, 7) is 5.55. The zero-order valence-electron chi connectivity index (χ0n) is 13.1. The highest BCUT2D eigenvalue weighted by Crippen LogP contribution is 2.24. The lowest BCUT2D eigenvalue weighted by molar-refractivity contribution is 0.0568. The van der Waals surface area contributed by atoms with Crippen molar-refractivity contribution in [1.82, 2.24) is 4.90 Å². The number of dihydropyridines is 1. The van der Waals surface area contributed by atoms with Crippen molar-refractivity contribution in [3.05, 3.63) is 11.8 Å². The van der Waals surface area contributed by atoms with E-state index in [0.29, 0.717) is 19.8 Å². The molecule has 0 aromatic carbocycles. The highest BCUT2D eigenvalue weighted by molar-refractivity contribution is 5.73. The van der Waals surface area contributed by atoms with Crippen molar-refractivity contribution >= 4 is 6.21 Å². The van der Waals surface area contributed by atoms with Crippen LogP contribution in [0.4, 0.5) is 0 Å². The second-order valence-corrected chi connectivity index (χ2v) is 5.54. The summed E-state index contributed by atoms with van der Waals surface area (Å²) in [5.74, 6) is 0.845. The molecule has 0 saturated heterocycles. The van der Waals surface area contributed by atoms with Crippen LogP contribution in [0.5, 0.6) is 0 Å². The molecule has 1 aliphatic rings. The number of hydrogen-bond acceptors (Lipinski definition) is 5. The van der Waals surface area contributed by atoms with E-state index in [1.165, 1.54) is 0 Å². The Labute approximate surface area is 122 Å². The van der Waals surface area contributed by atoms with Crippen LogP contribution in [-0.2, 0) is 9.47 Å². The van der Waals surface area contributed by atoms with Gasteiger partial charge in [0.15, 0.2) is 0 Å². The van der Waals surface area contributed by atoms with E-state index in [0.717, 1.165) is 38.2 Å². The van der Waals surface area contributed by atoms with Crippen LogP contribution in [0.1, 0.15) is 26.2 Å². The van der Waals surface area contributed by atoms with Crippen molar-refractivity contribution in [2.75, 3.05) is 47.0 Å². The molecule has 20 heavy (non-hydrogen) atoms. The first-order valence-corrected chi connectivity index (χ1v) is 7.43. The van der Waals surface area contributed by atoms with Crippen molar-refractivity contribution in [2.45, 2.75) is 31.7 Å². The Hall–Kier alpha value is -0.910. The Bertz CT molecular complexity index is 329. The summed E-state index contributed by atoms with van der Waals surface area (Å²) in [5, 5.41) is 0. The molecule has 5 heteroatoms. The third kappa shape index (κ3) is 6.03. The Morgan fingerprint density at radius 3 is 2.85 bits per heavy atom. The van der Waals surface area contributed by atoms with Gasteiger partial charge in [-0.1, -0.05) is 19.8 Å². The van der Waals surface area contributed by atoms with Gasteiger partial charge in [0, 0.05) is 12.8 Å². The fourth-order valence-electron chi connectivity index (χ4n) is 2.03. The molecule has 1 atom stereocenters. The van der Waals surface area contributed by atoms with E-state index in [-0.39, 0.29) is 0 Å². The number of nitrogens with two attached hydrogens (primary N) is 1. The lowest BCUT2D eigenvalue weighted by Crippen LogP contribution is -2.47. The normalized spacial score (nSPS) is 22.1. The smallest absolute Gasteiger partial charge is 0.119 e. The van der Waals surface area contributed by atoms with Gasteiger partial charge in [-0.15, -0.1) is 0 Å². The van der Waals surface area contributed by atoms with Crippen molar-refractivity contribution in [2.24, 2.45) is 10.7 Å². The standard InChI is InChI=1S/C15H29N3O2/c1-4-5-7-15(16)13-17-8-6-14(15)20-12-11-19-10-9-18(2)3/h6,8H,4-5,7,9-13,16H2,1-3H3. The number of hydrogen-bond donors (Lipinski definition) is 1. The van der Waals surface area contributed by atoms with Crippen LogP contribution in [0.3, 0.4) is 0 Å². The van der Waals surface area contributed by atoms with Gasteiger partial charge >= 0.3 is 0 Å². The lowest BCUT2D eigenvalue weighted by atomic mass is 9.90. The molecule has 0 radical (unpaired) electrons. The summed E-state index contributed by atoms with van der Waals surface area (Å²) in [7, 11) is 4.06. The number of nitrogens with zero attached hydrogens (tertiary/aromatic N) is 2. The second-order valence-electron chi connectivity index (χ2n) is 5.54. The van der Waals surface area contributed by atoms with Crippen molar-refractivity contribution in [3.63, 3.8) is 0 Å². The molecule has 0 amide bonds. The van der Waals surface area contributed by atoms with Crippen molar-refractivity contribution in [3.8, 4) is 0 Å². The Kier molecular flexibility index (Phi) is 7.80. The van der Waals surface area contributed by atoms with Crippen molar-refractivity contribution < 1.29 is 9.47 Å². The van der Waals surface area contributed by atoms with Gasteiger partial charge in [-0.05, 0) is 26.6 Å². The molecule has 1 heterocycles. The molecule has 0 aromatic rings. The second kappa shape index (κ2) is 9.10. The van der Waals surface area contributed by atoms with E-state index < -0.39 is 5.54 Å². The maximum absolute atomic E-state index is 6.42. The van der Waals surface area contributed by atoms with E-state index in [4.69, 9.17) is 15.2 Å². The summed E-state index contributed by atoms with van der Waals surface area (Å²) in [6, 6.07) is 0. The van der Waals surface area contributed by atoms with Gasteiger partial charge < -0.3 is 20.1 Å². The van der Waals surface area contributed by atoms with Gasteiger partial charge in [0.05, 0.1) is 25.3 Å². The van der Waals surface area contributed by atoms with Crippen LogP contribution >= 0.6 is 0 Å². The SMILES string of the molecule is CCCCC1(N)CN=CC=C1OCCOCCN(C)C. The molecule has 0 aromatic heterocycles. The molecule has 1 aliphatic heterocycles. The zero-order valence-corrected chi connectivity index (χ0v) is 13.1. The van der Waals surface area contributed by atoms with Gasteiger partial charge in [0.1, 0.15) is 12.4 Å². The van der Waals surface area contributed by atoms with E-state index in [1.807, 2.05) is 20.2 Å². The molecule has 0 fully saturated rings. The summed E-state index contributed by atoms with van der Waals surface area (Å²) >= 11 is 0. The van der Waals surface area contributed by atoms with E-state index in [9.17, 15) is 0 Å². The highest BCUT2D eigenvalue weighted by Gasteiger charge is 2.32. The molecule has 0 saturated carbocycles. The quantitative estimate of drug-likeness (QED) is 0.616. The molecule has 1 unspecified atom stereocenters. The summed E-state index contributed by atoms with van der Waals surface area (Å²) < 4.78 is 11.3. The highest BCUT2D eigenvalue weighted by atomic mass is 16.5. The zero-order chi connectivity index (χ0) is 14.8. The lowest BCUT2D eigenvalue weighted by Gasteiger charge is -2.32. The molecule has 0 spiro atoms. The Morgan fingerprint density at radius 1 is 1.35 bits per heavy atom. The minimum atomic E-state index is -0.436. The average molecular weight is 283 g/mol. The number of allylic oxidation sites excluding steroid dienone is 1. The van der Waals surface area contributed by atoms with Crippen LogP contribution in [0.15, 0.2) is 16.8 Å². The number of ether oxygens (including phenoxy) is 2. The van der Waals surface area contributed by atoms with E-state index in [2.05, 4.69) is 16.8 Å². The molecular weight excluding hydrogens is 254 g/mol. The maximum Gasteiger partial charge on any atom is 0.119 e. The average Bonchev–Trinajstić information content (AvgIpc) is 2.42. The van der Waals surface area contributed by atoms with Crippen LogP contribution in [0.25, 0.3) is 0 Å². The number of unbranched alkanes of at least 4 members (excludes halogenated alkanes) is 1.